The first-order valence-corrected chi connectivity index (χ1v) is 24.3. The average Bonchev–Trinajstić information content (AvgIpc) is 4.29. The summed E-state index contributed by atoms with van der Waals surface area (Å²) < 4.78 is 108. The van der Waals surface area contributed by atoms with E-state index in [-0.39, 0.29) is 60.1 Å². The van der Waals surface area contributed by atoms with Gasteiger partial charge in [-0.25, -0.2) is 8.78 Å². The van der Waals surface area contributed by atoms with Crippen LogP contribution in [-0.2, 0) is 41.6 Å². The number of amides is 4. The van der Waals surface area contributed by atoms with Crippen molar-refractivity contribution in [3.8, 4) is 0 Å². The number of primary amides is 2. The lowest BCUT2D eigenvalue weighted by Gasteiger charge is -2.26. The number of nitrogens with two attached hydrogens (primary N) is 2. The molecule has 2 aliphatic heterocycles. The Bertz CT molecular complexity index is 2610. The molecule has 392 valence electrons. The van der Waals surface area contributed by atoms with Gasteiger partial charge in [0.2, 0.25) is 23.6 Å². The van der Waals surface area contributed by atoms with Gasteiger partial charge < -0.3 is 22.1 Å². The van der Waals surface area contributed by atoms with Gasteiger partial charge in [0.25, 0.3) is 0 Å². The van der Waals surface area contributed by atoms with Crippen molar-refractivity contribution in [2.75, 3.05) is 0 Å². The molecule has 2 aliphatic carbocycles. The molecule has 6 N–H and O–H groups in total. The SMILES string of the molecule is NC(=O)[C@@H](CC1CC1)[C@@H](CCC(F)(F)F)C(=O)N[C@@H]1N=C(c2ccccc2)c2cccc(F)c2CC1=O.NC(=O)[C@@H](CC1CC1)[C@@H](CCC(F)(F)F)C(=O)N[C@H]1N=C(c2ccccc2)c2cccc(F)c2CC1=O. The van der Waals surface area contributed by atoms with Gasteiger partial charge in [0, 0.05) is 82.7 Å². The summed E-state index contributed by atoms with van der Waals surface area (Å²) >= 11 is 0. The summed E-state index contributed by atoms with van der Waals surface area (Å²) in [5, 5.41) is 4.91. The van der Waals surface area contributed by atoms with Crippen LogP contribution in [-0.4, -0.2) is 71.3 Å². The van der Waals surface area contributed by atoms with Gasteiger partial charge in [-0.2, -0.15) is 26.3 Å². The fourth-order valence-corrected chi connectivity index (χ4v) is 9.42. The molecular weight excluding hydrogens is 981 g/mol. The average molecular weight is 1040 g/mol. The third-order valence-corrected chi connectivity index (χ3v) is 13.7. The Morgan fingerprint density at radius 3 is 1.19 bits per heavy atom. The van der Waals surface area contributed by atoms with Crippen LogP contribution in [0.5, 0.6) is 0 Å². The maximum atomic E-state index is 14.7. The highest BCUT2D eigenvalue weighted by atomic mass is 19.4. The number of benzene rings is 4. The second-order valence-electron chi connectivity index (χ2n) is 19.2. The monoisotopic (exact) mass is 1030 g/mol. The molecule has 2 saturated carbocycles. The molecule has 2 heterocycles. The van der Waals surface area contributed by atoms with Crippen LogP contribution in [0.3, 0.4) is 0 Å². The quantitative estimate of drug-likeness (QED) is 0.0724. The number of hydrogen-bond donors (Lipinski definition) is 4. The first-order valence-electron chi connectivity index (χ1n) is 24.3. The van der Waals surface area contributed by atoms with Crippen molar-refractivity contribution in [2.45, 2.75) is 102 Å². The minimum atomic E-state index is -4.55. The minimum Gasteiger partial charge on any atom is -0.369 e. The van der Waals surface area contributed by atoms with E-state index < -0.39 is 121 Å². The normalized spacial score (nSPS) is 19.3. The number of carbonyl (C=O) groups is 6. The Morgan fingerprint density at radius 1 is 0.527 bits per heavy atom. The van der Waals surface area contributed by atoms with E-state index in [1.165, 1.54) is 24.3 Å². The van der Waals surface area contributed by atoms with Crippen molar-refractivity contribution in [3.63, 3.8) is 0 Å². The van der Waals surface area contributed by atoms with Gasteiger partial charge in [0.05, 0.1) is 11.4 Å². The fraction of sp³-hybridized carbons (Fsp3) is 0.407. The molecule has 0 unspecified atom stereocenters. The Kier molecular flexibility index (Phi) is 17.3. The predicted octanol–water partition coefficient (Wildman–Crippen LogP) is 8.18. The Hall–Kier alpha value is -7.12. The summed E-state index contributed by atoms with van der Waals surface area (Å²) in [5.41, 5.74) is 13.7. The van der Waals surface area contributed by atoms with E-state index >= 15 is 0 Å². The van der Waals surface area contributed by atoms with E-state index in [0.717, 1.165) is 25.7 Å². The van der Waals surface area contributed by atoms with Gasteiger partial charge in [-0.15, -0.1) is 0 Å². The summed E-state index contributed by atoms with van der Waals surface area (Å²) in [6.45, 7) is 0. The summed E-state index contributed by atoms with van der Waals surface area (Å²) in [6, 6.07) is 26.0. The molecule has 6 atom stereocenters. The number of Topliss-reactive ketones (excluding diaryl/α,β-unsaturated/α-hetero) is 2. The fourth-order valence-electron chi connectivity index (χ4n) is 9.42. The van der Waals surface area contributed by atoms with Crippen LogP contribution in [0.2, 0.25) is 0 Å². The Labute approximate surface area is 420 Å². The minimum absolute atomic E-state index is 0.115. The number of nitrogens with zero attached hydrogens (tertiary/aromatic N) is 2. The molecule has 4 aliphatic rings. The van der Waals surface area contributed by atoms with Crippen LogP contribution in [0, 0.1) is 47.1 Å². The van der Waals surface area contributed by atoms with Gasteiger partial charge in [-0.3, -0.25) is 38.8 Å². The molecule has 0 aromatic heterocycles. The summed E-state index contributed by atoms with van der Waals surface area (Å²) in [6.07, 6.45) is -13.0. The number of halogens is 8. The van der Waals surface area contributed by atoms with Crippen LogP contribution in [0.15, 0.2) is 107 Å². The molecule has 2 fully saturated rings. The van der Waals surface area contributed by atoms with Crippen molar-refractivity contribution in [3.05, 3.63) is 142 Å². The molecule has 0 radical (unpaired) electrons. The van der Waals surface area contributed by atoms with E-state index in [1.807, 2.05) is 0 Å². The molecule has 0 bridgehead atoms. The lowest BCUT2D eigenvalue weighted by molar-refractivity contribution is -0.147. The van der Waals surface area contributed by atoms with Crippen molar-refractivity contribution < 1.29 is 63.9 Å². The summed E-state index contributed by atoms with van der Waals surface area (Å²) in [7, 11) is 0. The topological polar surface area (TPSA) is 203 Å². The van der Waals surface area contributed by atoms with Crippen LogP contribution in [0.25, 0.3) is 0 Å². The molecule has 4 aromatic rings. The maximum absolute atomic E-state index is 14.7. The second kappa shape index (κ2) is 23.4. The van der Waals surface area contributed by atoms with E-state index in [4.69, 9.17) is 11.5 Å². The van der Waals surface area contributed by atoms with E-state index in [1.54, 1.807) is 72.8 Å². The van der Waals surface area contributed by atoms with Crippen LogP contribution >= 0.6 is 0 Å². The molecule has 20 heteroatoms. The third-order valence-electron chi connectivity index (χ3n) is 13.7. The number of fused-ring (bicyclic) bond motifs is 2. The first-order chi connectivity index (χ1) is 35.1. The van der Waals surface area contributed by atoms with Gasteiger partial charge in [-0.1, -0.05) is 111 Å². The van der Waals surface area contributed by atoms with Crippen molar-refractivity contribution in [2.24, 2.45) is 57.0 Å². The molecule has 0 spiro atoms. The Balaban J connectivity index is 0.000000216. The first kappa shape index (κ1) is 54.6. The van der Waals surface area contributed by atoms with Gasteiger partial charge in [-0.05, 0) is 49.7 Å². The molecule has 12 nitrogen and oxygen atoms in total. The maximum Gasteiger partial charge on any atom is 0.389 e. The van der Waals surface area contributed by atoms with Crippen LogP contribution in [0.4, 0.5) is 35.1 Å². The summed E-state index contributed by atoms with van der Waals surface area (Å²) in [5.74, 6) is -10.7. The summed E-state index contributed by atoms with van der Waals surface area (Å²) in [4.78, 5) is 86.2. The lowest BCUT2D eigenvalue weighted by atomic mass is 9.83. The molecule has 0 saturated heterocycles. The lowest BCUT2D eigenvalue weighted by Crippen LogP contribution is -2.47. The van der Waals surface area contributed by atoms with Crippen LogP contribution in [0.1, 0.15) is 97.6 Å². The third kappa shape index (κ3) is 14.6. The number of ketones is 2. The van der Waals surface area contributed by atoms with Gasteiger partial charge in [0.15, 0.2) is 23.9 Å². The second-order valence-corrected chi connectivity index (χ2v) is 19.2. The standard InChI is InChI=1S/2C27H27F4N3O3/c2*28-21-8-4-7-17-19(21)14-22(35)25(33-23(17)16-5-2-1-3-6-16)34-26(37)18(11-12-27(29,30)31)20(24(32)36)13-15-9-10-15/h2*1-8,15,18,20,25H,9-14H2,(H2,32,36)(H,34,37)/t18-,20+,25+;18-,20+,25-/m11/s1. The number of carbonyl (C=O) groups excluding carboxylic acids is 6. The van der Waals surface area contributed by atoms with Crippen molar-refractivity contribution >= 4 is 46.6 Å². The zero-order valence-electron chi connectivity index (χ0n) is 39.9. The number of alkyl halides is 6. The highest BCUT2D eigenvalue weighted by molar-refractivity contribution is 6.17. The molecule has 74 heavy (non-hydrogen) atoms. The highest BCUT2D eigenvalue weighted by Gasteiger charge is 2.43. The van der Waals surface area contributed by atoms with Crippen molar-refractivity contribution in [1.82, 2.24) is 10.6 Å². The number of nitrogens with one attached hydrogen (secondary N) is 2. The smallest absolute Gasteiger partial charge is 0.369 e. The van der Waals surface area contributed by atoms with Crippen LogP contribution < -0.4 is 22.1 Å². The van der Waals surface area contributed by atoms with E-state index in [0.29, 0.717) is 22.3 Å². The Morgan fingerprint density at radius 2 is 0.878 bits per heavy atom. The molecule has 4 amide bonds. The molecular formula is C54H54F8N6O6. The predicted molar refractivity (Wildman–Crippen MR) is 256 cm³/mol. The molecule has 4 aromatic carbocycles. The number of hydrogen-bond acceptors (Lipinski definition) is 8. The van der Waals surface area contributed by atoms with E-state index in [2.05, 4.69) is 20.6 Å². The zero-order chi connectivity index (χ0) is 53.5. The number of aliphatic imine (C=N–C) groups is 2. The zero-order valence-corrected chi connectivity index (χ0v) is 39.9. The van der Waals surface area contributed by atoms with Gasteiger partial charge in [0.1, 0.15) is 11.6 Å². The van der Waals surface area contributed by atoms with Crippen molar-refractivity contribution in [1.29, 1.82) is 0 Å². The molecule has 8 rings (SSSR count). The number of rotatable bonds is 18. The van der Waals surface area contributed by atoms with E-state index in [9.17, 15) is 63.9 Å². The highest BCUT2D eigenvalue weighted by Crippen LogP contribution is 2.41. The largest absolute Gasteiger partial charge is 0.389 e. The van der Waals surface area contributed by atoms with Gasteiger partial charge >= 0.3 is 12.4 Å².